The first-order chi connectivity index (χ1) is 9.04. The van der Waals surface area contributed by atoms with Gasteiger partial charge in [0.15, 0.2) is 0 Å². The number of nitrogens with zero attached hydrogens (tertiary/aromatic N) is 2. The van der Waals surface area contributed by atoms with Crippen LogP contribution in [0.3, 0.4) is 0 Å². The third kappa shape index (κ3) is 4.85. The number of carbonyl (C=O) groups excluding carboxylic acids is 2. The van der Waals surface area contributed by atoms with Crippen molar-refractivity contribution >= 4 is 17.5 Å². The van der Waals surface area contributed by atoms with Gasteiger partial charge in [-0.05, 0) is 11.5 Å². The Balaban J connectivity index is 2.61. The molecule has 0 saturated carbocycles. The fraction of sp³-hybridized carbons (Fsp3) is 0.357. The lowest BCUT2D eigenvalue weighted by Crippen LogP contribution is -2.28. The van der Waals surface area contributed by atoms with Crippen molar-refractivity contribution in [1.29, 1.82) is 0 Å². The van der Waals surface area contributed by atoms with Crippen LogP contribution in [0.15, 0.2) is 30.3 Å². The minimum Gasteiger partial charge on any atom is -0.452 e. The van der Waals surface area contributed by atoms with Crippen molar-refractivity contribution in [2.24, 2.45) is 5.92 Å². The Morgan fingerprint density at radius 1 is 1.26 bits per heavy atom. The van der Waals surface area contributed by atoms with Crippen LogP contribution in [0.25, 0.3) is 5.53 Å². The topological polar surface area (TPSA) is 79.8 Å². The fourth-order valence-electron chi connectivity index (χ4n) is 1.47. The summed E-state index contributed by atoms with van der Waals surface area (Å²) in [5.41, 5.74) is 8.99. The maximum absolute atomic E-state index is 11.6. The highest BCUT2D eigenvalue weighted by molar-refractivity contribution is 6.62. The number of hydrogen-bond acceptors (Lipinski definition) is 3. The number of rotatable bonds is 6. The summed E-state index contributed by atoms with van der Waals surface area (Å²) in [6.07, 6.45) is 0.139. The molecule has 0 aliphatic rings. The van der Waals surface area contributed by atoms with Gasteiger partial charge in [0.25, 0.3) is 5.78 Å². The molecule has 0 fully saturated rings. The van der Waals surface area contributed by atoms with E-state index in [9.17, 15) is 9.59 Å². The van der Waals surface area contributed by atoms with Crippen LogP contribution in [0, 0.1) is 5.92 Å². The zero-order chi connectivity index (χ0) is 14.3. The van der Waals surface area contributed by atoms with Crippen molar-refractivity contribution in [3.8, 4) is 0 Å². The van der Waals surface area contributed by atoms with Gasteiger partial charge in [0.1, 0.15) is 6.61 Å². The van der Waals surface area contributed by atoms with E-state index in [2.05, 4.69) is 4.79 Å². The van der Waals surface area contributed by atoms with E-state index in [0.29, 0.717) is 0 Å². The molecule has 1 rings (SSSR count). The van der Waals surface area contributed by atoms with E-state index in [0.717, 1.165) is 5.56 Å². The summed E-state index contributed by atoms with van der Waals surface area (Å²) in [6.45, 7) is 3.71. The van der Waals surface area contributed by atoms with Gasteiger partial charge in [-0.15, -0.1) is 0 Å². The standard InChI is InChI=1S/C14H16N2O3/c1-10(2)8-12(17)13(16-15)14(18)19-9-11-6-4-3-5-7-11/h3-7,10H,8-9H2,1-2H3. The van der Waals surface area contributed by atoms with Crippen LogP contribution in [0.2, 0.25) is 0 Å². The Hall–Kier alpha value is -2.26. The monoisotopic (exact) mass is 260 g/mol. The quantitative estimate of drug-likeness (QED) is 0.258. The maximum Gasteiger partial charge on any atom is 0.441 e. The number of ketones is 1. The fourth-order valence-corrected chi connectivity index (χ4v) is 1.47. The molecule has 0 aromatic heterocycles. The van der Waals surface area contributed by atoms with Crippen LogP contribution in [0.5, 0.6) is 0 Å². The van der Waals surface area contributed by atoms with Crippen molar-refractivity contribution in [1.82, 2.24) is 0 Å². The smallest absolute Gasteiger partial charge is 0.441 e. The van der Waals surface area contributed by atoms with Crippen molar-refractivity contribution in [2.45, 2.75) is 26.9 Å². The highest BCUT2D eigenvalue weighted by Gasteiger charge is 2.31. The zero-order valence-electron chi connectivity index (χ0n) is 11.0. The molecule has 100 valence electrons. The van der Waals surface area contributed by atoms with Gasteiger partial charge in [-0.25, -0.2) is 4.79 Å². The molecule has 0 spiro atoms. The third-order valence-electron chi connectivity index (χ3n) is 2.36. The Morgan fingerprint density at radius 2 is 1.89 bits per heavy atom. The first-order valence-electron chi connectivity index (χ1n) is 6.01. The molecule has 0 bridgehead atoms. The van der Waals surface area contributed by atoms with Crippen molar-refractivity contribution in [3.63, 3.8) is 0 Å². The Morgan fingerprint density at radius 3 is 2.42 bits per heavy atom. The summed E-state index contributed by atoms with van der Waals surface area (Å²) >= 11 is 0. The average molecular weight is 260 g/mol. The van der Waals surface area contributed by atoms with Crippen molar-refractivity contribution in [2.75, 3.05) is 0 Å². The van der Waals surface area contributed by atoms with Crippen LogP contribution < -0.4 is 0 Å². The number of Topliss-reactive ketones (excluding diaryl/α,β-unsaturated/α-hetero) is 1. The molecule has 1 aromatic rings. The largest absolute Gasteiger partial charge is 0.452 e. The first-order valence-corrected chi connectivity index (χ1v) is 6.01. The molecule has 0 amide bonds. The lowest BCUT2D eigenvalue weighted by molar-refractivity contribution is -0.143. The molecular weight excluding hydrogens is 244 g/mol. The molecule has 0 aliphatic carbocycles. The molecule has 0 radical (unpaired) electrons. The van der Waals surface area contributed by atoms with Gasteiger partial charge in [-0.1, -0.05) is 44.2 Å². The van der Waals surface area contributed by atoms with Crippen LogP contribution in [-0.2, 0) is 20.9 Å². The molecule has 0 saturated heterocycles. The second-order valence-corrected chi connectivity index (χ2v) is 4.53. The van der Waals surface area contributed by atoms with E-state index in [-0.39, 0.29) is 18.9 Å². The van der Waals surface area contributed by atoms with Crippen LogP contribution in [0.4, 0.5) is 0 Å². The zero-order valence-corrected chi connectivity index (χ0v) is 11.0. The summed E-state index contributed by atoms with van der Waals surface area (Å²) in [5.74, 6) is -1.35. The number of benzene rings is 1. The highest BCUT2D eigenvalue weighted by Crippen LogP contribution is 2.04. The van der Waals surface area contributed by atoms with E-state index in [1.165, 1.54) is 0 Å². The van der Waals surface area contributed by atoms with E-state index in [4.69, 9.17) is 10.3 Å². The molecular formula is C14H16N2O3. The van der Waals surface area contributed by atoms with Gasteiger partial charge in [0, 0.05) is 6.42 Å². The van der Waals surface area contributed by atoms with Gasteiger partial charge in [-0.2, -0.15) is 4.79 Å². The molecule has 0 atom stereocenters. The summed E-state index contributed by atoms with van der Waals surface area (Å²) in [7, 11) is 0. The number of hydrogen-bond donors (Lipinski definition) is 0. The maximum atomic E-state index is 11.6. The van der Waals surface area contributed by atoms with E-state index >= 15 is 0 Å². The summed E-state index contributed by atoms with van der Waals surface area (Å²) < 4.78 is 4.93. The van der Waals surface area contributed by atoms with Crippen LogP contribution in [0.1, 0.15) is 25.8 Å². The predicted molar refractivity (Wildman–Crippen MR) is 69.3 cm³/mol. The summed E-state index contributed by atoms with van der Waals surface area (Å²) in [5, 5.41) is 0. The number of esters is 1. The minimum absolute atomic E-state index is 0.0354. The van der Waals surface area contributed by atoms with Gasteiger partial charge in [0.2, 0.25) is 0 Å². The lowest BCUT2D eigenvalue weighted by atomic mass is 10.0. The summed E-state index contributed by atoms with van der Waals surface area (Å²) in [6, 6.07) is 9.05. The Labute approximate surface area is 111 Å². The Kier molecular flexibility index (Phi) is 5.64. The van der Waals surface area contributed by atoms with E-state index in [1.54, 1.807) is 12.1 Å². The first kappa shape index (κ1) is 14.8. The molecule has 0 unspecified atom stereocenters. The van der Waals surface area contributed by atoms with Gasteiger partial charge in [0.05, 0.1) is 0 Å². The minimum atomic E-state index is -0.906. The molecule has 19 heavy (non-hydrogen) atoms. The van der Waals surface area contributed by atoms with Crippen molar-refractivity contribution < 1.29 is 19.1 Å². The van der Waals surface area contributed by atoms with Crippen LogP contribution in [-0.4, -0.2) is 22.3 Å². The summed E-state index contributed by atoms with van der Waals surface area (Å²) in [4.78, 5) is 26.0. The molecule has 0 aliphatic heterocycles. The molecule has 1 aromatic carbocycles. The van der Waals surface area contributed by atoms with E-state index < -0.39 is 17.5 Å². The average Bonchev–Trinajstić information content (AvgIpc) is 2.37. The van der Waals surface area contributed by atoms with E-state index in [1.807, 2.05) is 32.0 Å². The Bertz CT molecular complexity index is 503. The molecule has 5 heteroatoms. The molecule has 5 nitrogen and oxygen atoms in total. The third-order valence-corrected chi connectivity index (χ3v) is 2.36. The molecule has 0 heterocycles. The number of ether oxygens (including phenoxy) is 1. The van der Waals surface area contributed by atoms with Gasteiger partial charge < -0.3 is 10.3 Å². The molecule has 0 N–H and O–H groups in total. The second kappa shape index (κ2) is 7.24. The number of carbonyl (C=O) groups is 2. The normalized spacial score (nSPS) is 9.84. The SMILES string of the molecule is CC(C)CC(=O)C(=[N+]=[N-])C(=O)OCc1ccccc1. The highest BCUT2D eigenvalue weighted by atomic mass is 16.5. The lowest BCUT2D eigenvalue weighted by Gasteiger charge is -2.03. The van der Waals surface area contributed by atoms with Crippen LogP contribution >= 0.6 is 0 Å². The van der Waals surface area contributed by atoms with Gasteiger partial charge in [-0.3, -0.25) is 4.79 Å². The van der Waals surface area contributed by atoms with Crippen molar-refractivity contribution in [3.05, 3.63) is 41.4 Å². The second-order valence-electron chi connectivity index (χ2n) is 4.53. The predicted octanol–water partition coefficient (Wildman–Crippen LogP) is 2.02. The van der Waals surface area contributed by atoms with Gasteiger partial charge >= 0.3 is 11.7 Å².